The van der Waals surface area contributed by atoms with Gasteiger partial charge in [-0.2, -0.15) is 0 Å². The van der Waals surface area contributed by atoms with Crippen LogP contribution in [-0.4, -0.2) is 40.8 Å². The molecule has 3 heteroatoms. The Morgan fingerprint density at radius 1 is 1.00 bits per heavy atom. The molecule has 0 saturated carbocycles. The number of terminal acetylenes is 1. The Kier molecular flexibility index (Phi) is 36.0. The number of hydrogen-bond acceptors (Lipinski definition) is 0. The summed E-state index contributed by atoms with van der Waals surface area (Å²) in [6, 6.07) is 0. The summed E-state index contributed by atoms with van der Waals surface area (Å²) in [5.74, 6) is 2.63. The predicted octanol–water partition coefficient (Wildman–Crippen LogP) is 5.69. The van der Waals surface area contributed by atoms with Gasteiger partial charge in [0.15, 0.2) is 0 Å². The Morgan fingerprint density at radius 2 is 1.47 bits per heavy atom. The van der Waals surface area contributed by atoms with Gasteiger partial charge in [-0.25, -0.2) is 0 Å². The molecule has 0 unspecified atom stereocenters. The summed E-state index contributed by atoms with van der Waals surface area (Å²) in [6.07, 6.45) is 11.2. The molecule has 0 radical (unpaired) electrons. The molecule has 0 aliphatic heterocycles. The molecule has 0 heterocycles. The second kappa shape index (κ2) is 26.0. The van der Waals surface area contributed by atoms with Gasteiger partial charge in [0.2, 0.25) is 0 Å². The molecule has 0 aromatic carbocycles. The molecular formula is C14H31AlClNa. The molecule has 0 rings (SSSR count). The normalized spacial score (nSPS) is 8.12. The number of rotatable bonds is 7. The monoisotopic (exact) mass is 284 g/mol. The zero-order valence-electron chi connectivity index (χ0n) is 12.7. The molecule has 0 fully saturated rings. The van der Waals surface area contributed by atoms with E-state index in [0.717, 1.165) is 33.1 Å². The average Bonchev–Trinajstić information content (AvgIpc) is 2.40. The Bertz CT molecular complexity index is 142. The molecule has 98 valence electrons. The minimum atomic E-state index is -0.171. The van der Waals surface area contributed by atoms with E-state index >= 15 is 0 Å². The van der Waals surface area contributed by atoms with Gasteiger partial charge in [-0.15, -0.1) is 12.3 Å². The first-order valence-electron chi connectivity index (χ1n) is 7.07. The molecule has 0 amide bonds. The maximum atomic E-state index is 5.06. The van der Waals surface area contributed by atoms with Gasteiger partial charge in [0.25, 0.3) is 14.1 Å². The molecule has 0 spiro atoms. The van der Waals surface area contributed by atoms with Crippen molar-refractivity contribution in [2.24, 2.45) is 0 Å². The summed E-state index contributed by atoms with van der Waals surface area (Å²) in [4.78, 5) is 0. The van der Waals surface area contributed by atoms with Gasteiger partial charge in [-0.1, -0.05) is 62.8 Å². The Balaban J connectivity index is -0.0000000916. The third-order valence-corrected chi connectivity index (χ3v) is 6.37. The third kappa shape index (κ3) is 26.8. The fraction of sp³-hybridized carbons (Fsp3) is 0.857. The second-order valence-electron chi connectivity index (χ2n) is 4.11. The van der Waals surface area contributed by atoms with Crippen LogP contribution < -0.4 is 0 Å². The van der Waals surface area contributed by atoms with Crippen molar-refractivity contribution in [3.8, 4) is 12.3 Å². The van der Waals surface area contributed by atoms with Crippen LogP contribution in [0.25, 0.3) is 0 Å². The Hall–Kier alpha value is 1.38. The van der Waals surface area contributed by atoms with Crippen LogP contribution in [0.2, 0.25) is 15.8 Å². The molecule has 0 aliphatic rings. The van der Waals surface area contributed by atoms with E-state index in [2.05, 4.69) is 33.6 Å². The Labute approximate surface area is 137 Å². The molecule has 0 aromatic heterocycles. The van der Waals surface area contributed by atoms with Crippen LogP contribution in [0.4, 0.5) is 0 Å². The van der Waals surface area contributed by atoms with Crippen LogP contribution in [0.5, 0.6) is 0 Å². The molecule has 0 N–H and O–H groups in total. The standard InChI is InChI=1S/C8H14.3C2H5.Al.ClH.Na.H2/c1-3-5-7-8-6-4-2;3*1-2;;;;/h1H,4-8H2,2H3;3*1H2,2H3;;1H;;1H/q;;;;;;+1;/p-1. The van der Waals surface area contributed by atoms with Crippen LogP contribution in [0, 0.1) is 12.3 Å². The van der Waals surface area contributed by atoms with E-state index in [-0.39, 0.29) is 15.6 Å². The second-order valence-corrected chi connectivity index (χ2v) is 8.29. The van der Waals surface area contributed by atoms with Crippen molar-refractivity contribution in [3.63, 3.8) is 0 Å². The van der Waals surface area contributed by atoms with Gasteiger partial charge in [0.1, 0.15) is 0 Å². The third-order valence-electron chi connectivity index (χ3n) is 2.91. The zero-order valence-corrected chi connectivity index (χ0v) is 16.6. The predicted molar refractivity (Wildman–Crippen MR) is 88.5 cm³/mol. The van der Waals surface area contributed by atoms with Gasteiger partial charge in [0.05, 0.1) is 0 Å². The molecular weight excluding hydrogens is 254 g/mol. The summed E-state index contributed by atoms with van der Waals surface area (Å²) in [7, 11) is 4.78. The van der Waals surface area contributed by atoms with Crippen LogP contribution in [0.1, 0.15) is 61.2 Å². The van der Waals surface area contributed by atoms with Crippen molar-refractivity contribution < 1.29 is 1.43 Å². The average molecular weight is 285 g/mol. The molecule has 0 atom stereocenters. The van der Waals surface area contributed by atoms with E-state index in [9.17, 15) is 0 Å². The van der Waals surface area contributed by atoms with E-state index in [1.807, 2.05) is 0 Å². The van der Waals surface area contributed by atoms with E-state index in [1.165, 1.54) is 41.5 Å². The molecule has 17 heavy (non-hydrogen) atoms. The van der Waals surface area contributed by atoms with Crippen LogP contribution in [-0.2, 0) is 0 Å². The Morgan fingerprint density at radius 3 is 1.71 bits per heavy atom. The molecule has 0 nitrogen and oxygen atoms in total. The molecule has 0 aliphatic carbocycles. The molecule has 0 bridgehead atoms. The summed E-state index contributed by atoms with van der Waals surface area (Å²) < 4.78 is 0. The summed E-state index contributed by atoms with van der Waals surface area (Å²) >= 11 is 0.606. The van der Waals surface area contributed by atoms with Gasteiger partial charge < -0.3 is 0 Å². The van der Waals surface area contributed by atoms with E-state index in [1.54, 1.807) is 0 Å². The number of unbranched alkanes of at least 4 members (excludes halogenated alkanes) is 4. The first-order chi connectivity index (χ1) is 8.26. The van der Waals surface area contributed by atoms with Crippen LogP contribution in [0.3, 0.4) is 0 Å². The van der Waals surface area contributed by atoms with Gasteiger partial charge in [-0.3, -0.25) is 0 Å². The van der Waals surface area contributed by atoms with Crippen molar-refractivity contribution >= 4 is 48.7 Å². The first kappa shape index (κ1) is 23.5. The zero-order chi connectivity index (χ0) is 13.9. The summed E-state index contributed by atoms with van der Waals surface area (Å²) in [5, 5.41) is 4.48. The van der Waals surface area contributed by atoms with Crippen molar-refractivity contribution in [2.45, 2.75) is 75.6 Å². The van der Waals surface area contributed by atoms with Gasteiger partial charge in [0, 0.05) is 7.85 Å². The van der Waals surface area contributed by atoms with Crippen molar-refractivity contribution in [1.82, 2.24) is 0 Å². The van der Waals surface area contributed by atoms with E-state index in [0.29, 0.717) is 0 Å². The summed E-state index contributed by atoms with van der Waals surface area (Å²) in [6.45, 7) is 9.17. The van der Waals surface area contributed by atoms with Crippen LogP contribution >= 0.6 is 7.91 Å². The SMILES string of the molecule is C#CCCCCCC.C[CH2][Al]([CH2]C)[CH2]C.[HH].[Na][Cl]. The topological polar surface area (TPSA) is 0 Å². The fourth-order valence-electron chi connectivity index (χ4n) is 1.52. The minimum absolute atomic E-state index is 0. The van der Waals surface area contributed by atoms with Crippen molar-refractivity contribution in [1.29, 1.82) is 0 Å². The quantitative estimate of drug-likeness (QED) is 0.320. The van der Waals surface area contributed by atoms with E-state index < -0.39 is 0 Å². The first-order valence-corrected chi connectivity index (χ1v) is 12.5. The van der Waals surface area contributed by atoms with Crippen molar-refractivity contribution in [2.75, 3.05) is 0 Å². The summed E-state index contributed by atoms with van der Waals surface area (Å²) in [5.41, 5.74) is 0. The number of hydrogen-bond donors (Lipinski definition) is 0. The van der Waals surface area contributed by atoms with Gasteiger partial charge in [-0.05, 0) is 6.42 Å². The maximum absolute atomic E-state index is 5.06. The van der Waals surface area contributed by atoms with Crippen LogP contribution in [0.15, 0.2) is 0 Å². The van der Waals surface area contributed by atoms with Gasteiger partial charge >= 0.3 is 34.6 Å². The molecule has 0 aromatic rings. The van der Waals surface area contributed by atoms with Crippen molar-refractivity contribution in [3.05, 3.63) is 0 Å². The number of halogens is 1. The molecule has 0 saturated heterocycles. The van der Waals surface area contributed by atoms with E-state index in [4.69, 9.17) is 14.3 Å². The fourth-order valence-corrected chi connectivity index (χ4v) is 3.25.